The molecular weight excluding hydrogens is 494 g/mol. The predicted molar refractivity (Wildman–Crippen MR) is 132 cm³/mol. The summed E-state index contributed by atoms with van der Waals surface area (Å²) in [6.45, 7) is 4.42. The van der Waals surface area contributed by atoms with Crippen LogP contribution in [-0.4, -0.2) is 62.4 Å². The number of halogens is 1. The number of primary amides is 1. The number of esters is 2. The van der Waals surface area contributed by atoms with Gasteiger partial charge in [0.15, 0.2) is 0 Å². The summed E-state index contributed by atoms with van der Waals surface area (Å²) in [6, 6.07) is 7.05. The van der Waals surface area contributed by atoms with Gasteiger partial charge in [-0.3, -0.25) is 4.79 Å². The molecule has 1 heterocycles. The van der Waals surface area contributed by atoms with E-state index in [1.54, 1.807) is 38.1 Å². The minimum absolute atomic E-state index is 0.109. The first-order valence-electron chi connectivity index (χ1n) is 10.8. The molecule has 0 bridgehead atoms. The molecule has 0 radical (unpaired) electrons. The molecule has 1 aliphatic heterocycles. The van der Waals surface area contributed by atoms with Gasteiger partial charge in [0, 0.05) is 29.4 Å². The molecule has 1 atom stereocenters. The minimum Gasteiger partial charge on any atom is -0.478 e. The Morgan fingerprint density at radius 3 is 2.31 bits per heavy atom. The van der Waals surface area contributed by atoms with E-state index in [1.807, 2.05) is 0 Å². The first-order chi connectivity index (χ1) is 17.1. The van der Waals surface area contributed by atoms with Gasteiger partial charge in [0.25, 0.3) is 0 Å². The van der Waals surface area contributed by atoms with E-state index in [0.29, 0.717) is 46.8 Å². The van der Waals surface area contributed by atoms with Crippen molar-refractivity contribution < 1.29 is 38.5 Å². The highest BCUT2D eigenvalue weighted by atomic mass is 35.5. The number of carboxylic acids is 1. The van der Waals surface area contributed by atoms with Crippen LogP contribution in [0, 0.1) is 0 Å². The summed E-state index contributed by atoms with van der Waals surface area (Å²) >= 11 is 6.42. The quantitative estimate of drug-likeness (QED) is 0.199. The fourth-order valence-electron chi connectivity index (χ4n) is 3.27. The van der Waals surface area contributed by atoms with E-state index in [2.05, 4.69) is 11.1 Å². The molecule has 1 unspecified atom stereocenters. The van der Waals surface area contributed by atoms with Crippen LogP contribution in [-0.2, 0) is 33.4 Å². The number of aliphatic carboxylic acids is 1. The number of hydrogen-bond acceptors (Lipinski definition) is 9. The van der Waals surface area contributed by atoms with E-state index >= 15 is 0 Å². The lowest BCUT2D eigenvalue weighted by atomic mass is 9.80. The number of carbonyl (C=O) groups is 4. The summed E-state index contributed by atoms with van der Waals surface area (Å²) in [5.41, 5.74) is 12.3. The number of carboxylic acid groups (broad SMARTS) is 1. The molecule has 1 aliphatic rings. The van der Waals surface area contributed by atoms with E-state index in [-0.39, 0.29) is 18.8 Å². The maximum atomic E-state index is 12.9. The lowest BCUT2D eigenvalue weighted by Gasteiger charge is -2.31. The van der Waals surface area contributed by atoms with Crippen LogP contribution in [0.25, 0.3) is 0 Å². The van der Waals surface area contributed by atoms with Crippen molar-refractivity contribution in [2.45, 2.75) is 19.8 Å². The maximum Gasteiger partial charge on any atom is 0.336 e. The van der Waals surface area contributed by atoms with Gasteiger partial charge in [-0.25, -0.2) is 14.4 Å². The van der Waals surface area contributed by atoms with Crippen LogP contribution in [0.2, 0.25) is 5.02 Å². The summed E-state index contributed by atoms with van der Waals surface area (Å²) in [4.78, 5) is 44.8. The Morgan fingerprint density at radius 2 is 1.81 bits per heavy atom. The Balaban J connectivity index is 0.000000697. The molecule has 12 heteroatoms. The summed E-state index contributed by atoms with van der Waals surface area (Å²) in [5.74, 6) is -3.80. The maximum absolute atomic E-state index is 12.9. The van der Waals surface area contributed by atoms with E-state index < -0.39 is 29.7 Å². The Kier molecular flexibility index (Phi) is 12.9. The van der Waals surface area contributed by atoms with Gasteiger partial charge in [0.05, 0.1) is 49.7 Å². The molecule has 2 rings (SSSR count). The number of rotatable bonds is 10. The van der Waals surface area contributed by atoms with Crippen molar-refractivity contribution >= 4 is 35.4 Å². The number of methoxy groups -OCH3 is 1. The van der Waals surface area contributed by atoms with Crippen molar-refractivity contribution in [3.8, 4) is 0 Å². The largest absolute Gasteiger partial charge is 0.478 e. The second-order valence-corrected chi connectivity index (χ2v) is 7.54. The molecule has 0 saturated carbocycles. The molecule has 6 N–H and O–H groups in total. The van der Waals surface area contributed by atoms with Gasteiger partial charge >= 0.3 is 17.9 Å². The van der Waals surface area contributed by atoms with Crippen LogP contribution in [0.4, 0.5) is 0 Å². The molecule has 196 valence electrons. The van der Waals surface area contributed by atoms with Gasteiger partial charge in [-0.05, 0) is 25.5 Å². The SMILES string of the molecule is CCOC(=O)C1=C(COCCN)NC(C)=C(C(=O)OC)C1c1ccccc1Cl.NC(=O)/C=C/C(=O)O. The van der Waals surface area contributed by atoms with Gasteiger partial charge in [-0.15, -0.1) is 0 Å². The van der Waals surface area contributed by atoms with Gasteiger partial charge in [-0.2, -0.15) is 0 Å². The molecule has 11 nitrogen and oxygen atoms in total. The molecule has 0 spiro atoms. The molecule has 0 aromatic heterocycles. The molecular formula is C24H30ClN3O8. The number of dihydropyridines is 1. The minimum atomic E-state index is -1.18. The standard InChI is InChI=1S/C20H25ClN2O5.C4H5NO3/c1-4-28-20(25)18-15(11-27-10-9-22)23-12(2)16(19(24)26-3)17(18)13-7-5-6-8-14(13)21;5-3(6)1-2-4(7)8/h5-8,17,23H,4,9-11,22H2,1-3H3;1-2H,(H2,5,6)(H,7,8)/b;2-1+. The van der Waals surface area contributed by atoms with Crippen LogP contribution in [0.1, 0.15) is 25.3 Å². The number of benzene rings is 1. The Labute approximate surface area is 213 Å². The molecule has 1 amide bonds. The first kappa shape index (κ1) is 30.4. The van der Waals surface area contributed by atoms with Crippen molar-refractivity contribution in [3.05, 3.63) is 69.5 Å². The lowest BCUT2D eigenvalue weighted by molar-refractivity contribution is -0.139. The summed E-state index contributed by atoms with van der Waals surface area (Å²) in [5, 5.41) is 11.4. The molecule has 0 aliphatic carbocycles. The molecule has 0 saturated heterocycles. The van der Waals surface area contributed by atoms with Crippen LogP contribution in [0.3, 0.4) is 0 Å². The zero-order chi connectivity index (χ0) is 27.3. The summed E-state index contributed by atoms with van der Waals surface area (Å²) in [7, 11) is 1.29. The molecule has 36 heavy (non-hydrogen) atoms. The third kappa shape index (κ3) is 8.84. The number of amides is 1. The van der Waals surface area contributed by atoms with Gasteiger partial charge in [-0.1, -0.05) is 29.8 Å². The van der Waals surface area contributed by atoms with Gasteiger partial charge < -0.3 is 36.1 Å². The van der Waals surface area contributed by atoms with Crippen molar-refractivity contribution in [1.82, 2.24) is 5.32 Å². The highest BCUT2D eigenvalue weighted by Gasteiger charge is 2.39. The average molecular weight is 524 g/mol. The van der Waals surface area contributed by atoms with Gasteiger partial charge in [0.2, 0.25) is 5.91 Å². The fraction of sp³-hybridized carbons (Fsp3) is 0.333. The van der Waals surface area contributed by atoms with E-state index in [0.717, 1.165) is 6.08 Å². The van der Waals surface area contributed by atoms with Crippen LogP contribution in [0.15, 0.2) is 59.0 Å². The second-order valence-electron chi connectivity index (χ2n) is 7.14. The van der Waals surface area contributed by atoms with E-state index in [9.17, 15) is 19.2 Å². The summed E-state index contributed by atoms with van der Waals surface area (Å²) in [6.07, 6.45) is 1.46. The highest BCUT2D eigenvalue weighted by Crippen LogP contribution is 2.41. The lowest BCUT2D eigenvalue weighted by Crippen LogP contribution is -2.35. The molecule has 1 aromatic carbocycles. The Hall–Kier alpha value is -3.67. The highest BCUT2D eigenvalue weighted by molar-refractivity contribution is 6.31. The van der Waals surface area contributed by atoms with Crippen molar-refractivity contribution in [3.63, 3.8) is 0 Å². The molecule has 1 aromatic rings. The smallest absolute Gasteiger partial charge is 0.336 e. The topological polar surface area (TPSA) is 180 Å². The summed E-state index contributed by atoms with van der Waals surface area (Å²) < 4.78 is 15.8. The van der Waals surface area contributed by atoms with E-state index in [1.165, 1.54) is 7.11 Å². The number of ether oxygens (including phenoxy) is 3. The molecule has 0 fully saturated rings. The normalized spacial score (nSPS) is 15.1. The van der Waals surface area contributed by atoms with Crippen LogP contribution in [0.5, 0.6) is 0 Å². The fourth-order valence-corrected chi connectivity index (χ4v) is 3.52. The van der Waals surface area contributed by atoms with Crippen LogP contribution >= 0.6 is 11.6 Å². The number of allylic oxidation sites excluding steroid dienone is 1. The number of carbonyl (C=O) groups excluding carboxylic acids is 3. The second kappa shape index (κ2) is 15.4. The van der Waals surface area contributed by atoms with Crippen molar-refractivity contribution in [2.24, 2.45) is 11.5 Å². The average Bonchev–Trinajstić information content (AvgIpc) is 2.83. The Morgan fingerprint density at radius 1 is 1.14 bits per heavy atom. The third-order valence-corrected chi connectivity index (χ3v) is 5.00. The van der Waals surface area contributed by atoms with E-state index in [4.69, 9.17) is 36.7 Å². The predicted octanol–water partition coefficient (Wildman–Crippen LogP) is 1.38. The zero-order valence-corrected chi connectivity index (χ0v) is 21.0. The first-order valence-corrected chi connectivity index (χ1v) is 11.2. The van der Waals surface area contributed by atoms with Gasteiger partial charge in [0.1, 0.15) is 0 Å². The number of hydrogen-bond donors (Lipinski definition) is 4. The monoisotopic (exact) mass is 523 g/mol. The Bertz CT molecular complexity index is 1050. The third-order valence-electron chi connectivity index (χ3n) is 4.66. The van der Waals surface area contributed by atoms with Crippen molar-refractivity contribution in [1.29, 1.82) is 0 Å². The number of nitrogens with two attached hydrogens (primary N) is 2. The van der Waals surface area contributed by atoms with Crippen LogP contribution < -0.4 is 16.8 Å². The van der Waals surface area contributed by atoms with Crippen molar-refractivity contribution in [2.75, 3.05) is 33.5 Å². The zero-order valence-electron chi connectivity index (χ0n) is 20.2. The number of nitrogens with one attached hydrogen (secondary N) is 1.